The number of benzene rings is 1. The van der Waals surface area contributed by atoms with Gasteiger partial charge in [0.05, 0.1) is 6.04 Å². The summed E-state index contributed by atoms with van der Waals surface area (Å²) in [5.74, 6) is 0. The highest BCUT2D eigenvalue weighted by Crippen LogP contribution is 2.39. The molecule has 1 nitrogen and oxygen atoms in total. The van der Waals surface area contributed by atoms with E-state index in [1.807, 2.05) is 0 Å². The van der Waals surface area contributed by atoms with Crippen molar-refractivity contribution in [2.45, 2.75) is 26.3 Å². The van der Waals surface area contributed by atoms with Crippen LogP contribution in [0.5, 0.6) is 0 Å². The molecule has 0 radical (unpaired) electrons. The van der Waals surface area contributed by atoms with Gasteiger partial charge in [-0.3, -0.25) is 0 Å². The lowest BCUT2D eigenvalue weighted by molar-refractivity contribution is 0.603. The summed E-state index contributed by atoms with van der Waals surface area (Å²) in [7, 11) is 0. The molecule has 1 atom stereocenters. The average Bonchev–Trinajstić information content (AvgIpc) is 2.74. The molecule has 1 N–H and O–H groups in total. The van der Waals surface area contributed by atoms with Gasteiger partial charge in [-0.25, -0.2) is 0 Å². The zero-order valence-electron chi connectivity index (χ0n) is 11.3. The zero-order chi connectivity index (χ0) is 14.7. The Hall–Kier alpha value is 0.130. The summed E-state index contributed by atoms with van der Waals surface area (Å²) in [4.78, 5) is 1.22. The van der Waals surface area contributed by atoms with Gasteiger partial charge in [-0.1, -0.05) is 52.7 Å². The molecule has 1 aromatic heterocycles. The molecule has 0 spiro atoms. The normalized spacial score (nSPS) is 12.7. The first-order valence-corrected chi connectivity index (χ1v) is 9.25. The van der Waals surface area contributed by atoms with Crippen molar-refractivity contribution in [3.63, 3.8) is 0 Å². The predicted octanol–water partition coefficient (Wildman–Crippen LogP) is 6.32. The maximum Gasteiger partial charge on any atom is 0.107 e. The van der Waals surface area contributed by atoms with E-state index < -0.39 is 0 Å². The van der Waals surface area contributed by atoms with E-state index in [1.54, 1.807) is 11.3 Å². The van der Waals surface area contributed by atoms with Crippen molar-refractivity contribution in [2.24, 2.45) is 0 Å². The van der Waals surface area contributed by atoms with Crippen molar-refractivity contribution in [3.05, 3.63) is 53.6 Å². The summed E-state index contributed by atoms with van der Waals surface area (Å²) in [6.07, 6.45) is 1.10. The van der Waals surface area contributed by atoms with Crippen LogP contribution in [0.15, 0.2) is 33.2 Å². The van der Waals surface area contributed by atoms with Crippen molar-refractivity contribution in [2.75, 3.05) is 6.54 Å². The highest BCUT2D eigenvalue weighted by molar-refractivity contribution is 9.11. The maximum atomic E-state index is 6.20. The van der Waals surface area contributed by atoms with Crippen molar-refractivity contribution < 1.29 is 0 Å². The fourth-order valence-corrected chi connectivity index (χ4v) is 4.38. The van der Waals surface area contributed by atoms with Gasteiger partial charge in [-0.15, -0.1) is 11.3 Å². The first-order chi connectivity index (χ1) is 9.54. The standard InChI is InChI=1S/C15H16Br2ClNS/c1-3-7-19-14(12-8-11(16)15(18)20-12)10-6-4-5-9(2)13(10)17/h4-6,8,14,19H,3,7H2,1-2H3. The van der Waals surface area contributed by atoms with Gasteiger partial charge < -0.3 is 5.32 Å². The van der Waals surface area contributed by atoms with E-state index in [0.29, 0.717) is 0 Å². The highest BCUT2D eigenvalue weighted by atomic mass is 79.9. The van der Waals surface area contributed by atoms with E-state index in [1.165, 1.54) is 16.0 Å². The lowest BCUT2D eigenvalue weighted by Crippen LogP contribution is -2.22. The number of halogens is 3. The van der Waals surface area contributed by atoms with Crippen LogP contribution in [0, 0.1) is 6.92 Å². The van der Waals surface area contributed by atoms with Gasteiger partial charge in [0.1, 0.15) is 4.34 Å². The molecular weight excluding hydrogens is 422 g/mol. The third-order valence-corrected chi connectivity index (χ3v) is 6.70. The molecule has 0 bridgehead atoms. The van der Waals surface area contributed by atoms with Crippen LogP contribution in [-0.2, 0) is 0 Å². The Morgan fingerprint density at radius 2 is 2.10 bits per heavy atom. The second-order valence-corrected chi connectivity index (χ2v) is 7.97. The molecule has 1 unspecified atom stereocenters. The lowest BCUT2D eigenvalue weighted by atomic mass is 10.0. The van der Waals surface area contributed by atoms with E-state index in [2.05, 4.69) is 75.3 Å². The molecule has 0 saturated carbocycles. The molecule has 0 aliphatic heterocycles. The van der Waals surface area contributed by atoms with Crippen LogP contribution < -0.4 is 5.32 Å². The van der Waals surface area contributed by atoms with Gasteiger partial charge in [0.15, 0.2) is 0 Å². The van der Waals surface area contributed by atoms with Gasteiger partial charge in [-0.05, 0) is 53.0 Å². The summed E-state index contributed by atoms with van der Waals surface area (Å²) in [5.41, 5.74) is 2.50. The third kappa shape index (κ3) is 3.66. The summed E-state index contributed by atoms with van der Waals surface area (Å²) in [6.45, 7) is 5.26. The van der Waals surface area contributed by atoms with Crippen LogP contribution in [0.4, 0.5) is 0 Å². The highest BCUT2D eigenvalue weighted by Gasteiger charge is 2.20. The molecule has 0 amide bonds. The van der Waals surface area contributed by atoms with E-state index in [4.69, 9.17) is 11.6 Å². The molecule has 1 heterocycles. The second-order valence-electron chi connectivity index (χ2n) is 4.64. The largest absolute Gasteiger partial charge is 0.306 e. The summed E-state index contributed by atoms with van der Waals surface area (Å²) < 4.78 is 2.92. The van der Waals surface area contributed by atoms with Gasteiger partial charge in [-0.2, -0.15) is 0 Å². The number of rotatable bonds is 5. The minimum atomic E-state index is 0.165. The maximum absolute atomic E-state index is 6.20. The molecule has 0 aliphatic carbocycles. The molecule has 1 aromatic carbocycles. The van der Waals surface area contributed by atoms with Crippen LogP contribution >= 0.6 is 54.8 Å². The number of nitrogens with one attached hydrogen (secondary N) is 1. The molecule has 0 fully saturated rings. The Kier molecular flexibility index (Phi) is 6.11. The molecular formula is C15H16Br2ClNS. The number of hydrogen-bond donors (Lipinski definition) is 1. The summed E-state index contributed by atoms with van der Waals surface area (Å²) >= 11 is 15.0. The number of thiophene rings is 1. The number of aryl methyl sites for hydroxylation is 1. The monoisotopic (exact) mass is 435 g/mol. The van der Waals surface area contributed by atoms with Crippen LogP contribution in [0.1, 0.15) is 35.4 Å². The van der Waals surface area contributed by atoms with Crippen molar-refractivity contribution in [1.29, 1.82) is 0 Å². The van der Waals surface area contributed by atoms with Gasteiger partial charge in [0.25, 0.3) is 0 Å². The fraction of sp³-hybridized carbons (Fsp3) is 0.333. The number of hydrogen-bond acceptors (Lipinski definition) is 2. The van der Waals surface area contributed by atoms with E-state index in [0.717, 1.165) is 26.2 Å². The smallest absolute Gasteiger partial charge is 0.107 e. The third-order valence-electron chi connectivity index (χ3n) is 3.08. The molecule has 2 rings (SSSR count). The quantitative estimate of drug-likeness (QED) is 0.577. The van der Waals surface area contributed by atoms with Gasteiger partial charge in [0, 0.05) is 13.8 Å². The second kappa shape index (κ2) is 7.41. The first kappa shape index (κ1) is 16.5. The van der Waals surface area contributed by atoms with Crippen molar-refractivity contribution in [3.8, 4) is 0 Å². The topological polar surface area (TPSA) is 12.0 Å². The lowest BCUT2D eigenvalue weighted by Gasteiger charge is -2.20. The summed E-state index contributed by atoms with van der Waals surface area (Å²) in [6, 6.07) is 8.64. The van der Waals surface area contributed by atoms with E-state index >= 15 is 0 Å². The molecule has 0 aliphatic rings. The SMILES string of the molecule is CCCNC(c1cc(Br)c(Cl)s1)c1cccc(C)c1Br. The predicted molar refractivity (Wildman–Crippen MR) is 96.0 cm³/mol. The van der Waals surface area contributed by atoms with Crippen molar-refractivity contribution in [1.82, 2.24) is 5.32 Å². The van der Waals surface area contributed by atoms with Gasteiger partial charge in [0.2, 0.25) is 0 Å². The van der Waals surface area contributed by atoms with Crippen LogP contribution in [0.2, 0.25) is 4.34 Å². The fourth-order valence-electron chi connectivity index (χ4n) is 2.05. The van der Waals surface area contributed by atoms with Crippen LogP contribution in [0.3, 0.4) is 0 Å². The minimum Gasteiger partial charge on any atom is -0.306 e. The Balaban J connectivity index is 2.44. The molecule has 2 aromatic rings. The Bertz CT molecular complexity index is 578. The Morgan fingerprint density at radius 3 is 2.70 bits per heavy atom. The minimum absolute atomic E-state index is 0.165. The molecule has 20 heavy (non-hydrogen) atoms. The van der Waals surface area contributed by atoms with E-state index in [-0.39, 0.29) is 6.04 Å². The average molecular weight is 438 g/mol. The summed E-state index contributed by atoms with van der Waals surface area (Å²) in [5, 5.41) is 3.61. The Labute approximate surface area is 146 Å². The Morgan fingerprint density at radius 1 is 1.35 bits per heavy atom. The van der Waals surface area contributed by atoms with Crippen molar-refractivity contribution >= 4 is 54.8 Å². The van der Waals surface area contributed by atoms with Crippen LogP contribution in [0.25, 0.3) is 0 Å². The zero-order valence-corrected chi connectivity index (χ0v) is 16.1. The molecule has 5 heteroatoms. The first-order valence-electron chi connectivity index (χ1n) is 6.47. The van der Waals surface area contributed by atoms with E-state index in [9.17, 15) is 0 Å². The molecule has 108 valence electrons. The van der Waals surface area contributed by atoms with Crippen LogP contribution in [-0.4, -0.2) is 6.54 Å². The van der Waals surface area contributed by atoms with Gasteiger partial charge >= 0.3 is 0 Å². The molecule has 0 saturated heterocycles.